The average Bonchev–Trinajstić information content (AvgIpc) is 2.44. The first-order chi connectivity index (χ1) is 9.52. The van der Waals surface area contributed by atoms with Gasteiger partial charge in [-0.05, 0) is 12.1 Å². The predicted octanol–water partition coefficient (Wildman–Crippen LogP) is 3.40. The van der Waals surface area contributed by atoms with Crippen LogP contribution < -0.4 is 10.6 Å². The Kier molecular flexibility index (Phi) is 3.93. The van der Waals surface area contributed by atoms with Crippen LogP contribution >= 0.6 is 0 Å². The van der Waals surface area contributed by atoms with E-state index in [2.05, 4.69) is 10.6 Å². The molecule has 0 aliphatic heterocycles. The number of carbonyl (C=O) groups excluding carboxylic acids is 1. The second-order valence-corrected chi connectivity index (χ2v) is 4.00. The molecule has 2 aromatic rings. The fraction of sp³-hybridized carbons (Fsp3) is 0.0714. The molecule has 0 aromatic heterocycles. The first kappa shape index (κ1) is 13.9. The van der Waals surface area contributed by atoms with E-state index in [1.165, 1.54) is 6.07 Å². The molecule has 6 heteroatoms. The first-order valence-corrected chi connectivity index (χ1v) is 5.75. The SMILES string of the molecule is CNc1ccccc1C(=O)Nc1cc(F)cc(F)c1F. The second-order valence-electron chi connectivity index (χ2n) is 4.00. The van der Waals surface area contributed by atoms with Crippen molar-refractivity contribution in [3.8, 4) is 0 Å². The average molecular weight is 280 g/mol. The molecule has 2 rings (SSSR count). The molecule has 0 heterocycles. The smallest absolute Gasteiger partial charge is 0.257 e. The molecule has 0 fully saturated rings. The van der Waals surface area contributed by atoms with Crippen molar-refractivity contribution in [2.45, 2.75) is 0 Å². The molecule has 2 aromatic carbocycles. The molecule has 0 saturated carbocycles. The van der Waals surface area contributed by atoms with Gasteiger partial charge in [0.05, 0.1) is 11.3 Å². The van der Waals surface area contributed by atoms with Crippen LogP contribution in [0.25, 0.3) is 0 Å². The standard InChI is InChI=1S/C14H11F3N2O/c1-18-11-5-3-2-4-9(11)14(20)19-12-7-8(15)6-10(16)13(12)17/h2-7,18H,1H3,(H,19,20). The molecule has 20 heavy (non-hydrogen) atoms. The van der Waals surface area contributed by atoms with Crippen molar-refractivity contribution in [2.24, 2.45) is 0 Å². The zero-order valence-corrected chi connectivity index (χ0v) is 10.5. The maximum Gasteiger partial charge on any atom is 0.257 e. The predicted molar refractivity (Wildman–Crippen MR) is 70.3 cm³/mol. The van der Waals surface area contributed by atoms with Crippen LogP contribution in [0.4, 0.5) is 24.5 Å². The Morgan fingerprint density at radius 2 is 1.75 bits per heavy atom. The highest BCUT2D eigenvalue weighted by Gasteiger charge is 2.16. The van der Waals surface area contributed by atoms with E-state index in [1.54, 1.807) is 25.2 Å². The van der Waals surface area contributed by atoms with Crippen molar-refractivity contribution >= 4 is 17.3 Å². The van der Waals surface area contributed by atoms with Gasteiger partial charge < -0.3 is 10.6 Å². The van der Waals surface area contributed by atoms with Gasteiger partial charge >= 0.3 is 0 Å². The topological polar surface area (TPSA) is 41.1 Å². The van der Waals surface area contributed by atoms with Crippen molar-refractivity contribution in [3.05, 3.63) is 59.4 Å². The molecular weight excluding hydrogens is 269 g/mol. The Morgan fingerprint density at radius 1 is 1.05 bits per heavy atom. The van der Waals surface area contributed by atoms with Gasteiger partial charge in [0.1, 0.15) is 5.82 Å². The molecule has 0 unspecified atom stereocenters. The lowest BCUT2D eigenvalue weighted by Crippen LogP contribution is -2.15. The summed E-state index contributed by atoms with van der Waals surface area (Å²) >= 11 is 0. The summed E-state index contributed by atoms with van der Waals surface area (Å²) in [5, 5.41) is 4.95. The number of halogens is 3. The van der Waals surface area contributed by atoms with Crippen LogP contribution in [0, 0.1) is 17.5 Å². The number of carbonyl (C=O) groups is 1. The molecule has 1 amide bonds. The highest BCUT2D eigenvalue weighted by molar-refractivity contribution is 6.08. The number of para-hydroxylation sites is 1. The summed E-state index contributed by atoms with van der Waals surface area (Å²) in [6, 6.07) is 7.63. The van der Waals surface area contributed by atoms with E-state index in [9.17, 15) is 18.0 Å². The van der Waals surface area contributed by atoms with E-state index in [0.717, 1.165) is 6.07 Å². The van der Waals surface area contributed by atoms with Gasteiger partial charge in [0.2, 0.25) is 0 Å². The molecule has 0 spiro atoms. The minimum atomic E-state index is -1.36. The molecule has 0 aliphatic carbocycles. The van der Waals surface area contributed by atoms with Gasteiger partial charge in [0.25, 0.3) is 5.91 Å². The minimum Gasteiger partial charge on any atom is -0.387 e. The molecule has 2 N–H and O–H groups in total. The summed E-state index contributed by atoms with van der Waals surface area (Å²) in [4.78, 5) is 12.0. The Bertz CT molecular complexity index is 659. The van der Waals surface area contributed by atoms with E-state index in [1.807, 2.05) is 0 Å². The molecule has 0 atom stereocenters. The third-order valence-corrected chi connectivity index (χ3v) is 2.68. The molecule has 0 saturated heterocycles. The van der Waals surface area contributed by atoms with Gasteiger partial charge in [-0.2, -0.15) is 0 Å². The molecule has 0 bridgehead atoms. The van der Waals surface area contributed by atoms with Crippen molar-refractivity contribution in [1.29, 1.82) is 0 Å². The normalized spacial score (nSPS) is 10.2. The van der Waals surface area contributed by atoms with Crippen LogP contribution in [-0.2, 0) is 0 Å². The van der Waals surface area contributed by atoms with Gasteiger partial charge in [-0.25, -0.2) is 13.2 Å². The first-order valence-electron chi connectivity index (χ1n) is 5.75. The Morgan fingerprint density at radius 3 is 2.45 bits per heavy atom. The van der Waals surface area contributed by atoms with Crippen molar-refractivity contribution in [3.63, 3.8) is 0 Å². The summed E-state index contributed by atoms with van der Waals surface area (Å²) in [5.41, 5.74) is 0.208. The summed E-state index contributed by atoms with van der Waals surface area (Å²) in [7, 11) is 1.62. The lowest BCUT2D eigenvalue weighted by molar-refractivity contribution is 0.102. The van der Waals surface area contributed by atoms with Crippen molar-refractivity contribution < 1.29 is 18.0 Å². The van der Waals surface area contributed by atoms with E-state index in [4.69, 9.17) is 0 Å². The van der Waals surface area contributed by atoms with Gasteiger partial charge in [0.15, 0.2) is 11.6 Å². The van der Waals surface area contributed by atoms with Crippen LogP contribution in [-0.4, -0.2) is 13.0 Å². The fourth-order valence-electron chi connectivity index (χ4n) is 1.74. The largest absolute Gasteiger partial charge is 0.387 e. The number of hydrogen-bond acceptors (Lipinski definition) is 2. The van der Waals surface area contributed by atoms with E-state index >= 15 is 0 Å². The van der Waals surface area contributed by atoms with E-state index in [-0.39, 0.29) is 5.56 Å². The number of benzene rings is 2. The maximum absolute atomic E-state index is 13.5. The number of hydrogen-bond donors (Lipinski definition) is 2. The van der Waals surface area contributed by atoms with Crippen LogP contribution in [0.2, 0.25) is 0 Å². The Hall–Kier alpha value is -2.50. The van der Waals surface area contributed by atoms with Gasteiger partial charge in [-0.15, -0.1) is 0 Å². The number of amides is 1. The lowest BCUT2D eigenvalue weighted by atomic mass is 10.1. The summed E-state index contributed by atoms with van der Waals surface area (Å²) < 4.78 is 39.6. The number of rotatable bonds is 3. The van der Waals surface area contributed by atoms with Gasteiger partial charge in [0, 0.05) is 24.9 Å². The van der Waals surface area contributed by atoms with E-state index in [0.29, 0.717) is 11.8 Å². The summed E-state index contributed by atoms with van der Waals surface area (Å²) in [6.07, 6.45) is 0. The van der Waals surface area contributed by atoms with Crippen LogP contribution in [0.1, 0.15) is 10.4 Å². The summed E-state index contributed by atoms with van der Waals surface area (Å²) in [5.74, 6) is -4.30. The maximum atomic E-state index is 13.5. The van der Waals surface area contributed by atoms with Crippen LogP contribution in [0.15, 0.2) is 36.4 Å². The zero-order valence-electron chi connectivity index (χ0n) is 10.5. The monoisotopic (exact) mass is 280 g/mol. The Balaban J connectivity index is 2.33. The zero-order chi connectivity index (χ0) is 14.7. The molecule has 3 nitrogen and oxygen atoms in total. The van der Waals surface area contributed by atoms with Crippen LogP contribution in [0.5, 0.6) is 0 Å². The minimum absolute atomic E-state index is 0.235. The molecule has 0 aliphatic rings. The highest BCUT2D eigenvalue weighted by atomic mass is 19.2. The van der Waals surface area contributed by atoms with Gasteiger partial charge in [-0.3, -0.25) is 4.79 Å². The number of anilines is 2. The van der Waals surface area contributed by atoms with E-state index < -0.39 is 29.0 Å². The van der Waals surface area contributed by atoms with Crippen molar-refractivity contribution in [2.75, 3.05) is 17.7 Å². The van der Waals surface area contributed by atoms with Crippen molar-refractivity contribution in [1.82, 2.24) is 0 Å². The lowest BCUT2D eigenvalue weighted by Gasteiger charge is -2.10. The second kappa shape index (κ2) is 5.64. The number of nitrogens with one attached hydrogen (secondary N) is 2. The third-order valence-electron chi connectivity index (χ3n) is 2.68. The molecule has 0 radical (unpaired) electrons. The fourth-order valence-corrected chi connectivity index (χ4v) is 1.74. The van der Waals surface area contributed by atoms with Gasteiger partial charge in [-0.1, -0.05) is 12.1 Å². The van der Waals surface area contributed by atoms with Crippen LogP contribution in [0.3, 0.4) is 0 Å². The third kappa shape index (κ3) is 2.74. The quantitative estimate of drug-likeness (QED) is 0.846. The highest BCUT2D eigenvalue weighted by Crippen LogP contribution is 2.21. The molecule has 104 valence electrons. The molecular formula is C14H11F3N2O. The Labute approximate surface area is 113 Å². The summed E-state index contributed by atoms with van der Waals surface area (Å²) in [6.45, 7) is 0.